The number of hydrogen-bond donors (Lipinski definition) is 0. The highest BCUT2D eigenvalue weighted by Crippen LogP contribution is 2.24. The topological polar surface area (TPSA) is 6.48 Å². The zero-order chi connectivity index (χ0) is 14.7. The van der Waals surface area contributed by atoms with Crippen LogP contribution < -0.4 is 4.90 Å². The summed E-state index contributed by atoms with van der Waals surface area (Å²) in [5.74, 6) is -0.152. The molecule has 21 heavy (non-hydrogen) atoms. The third-order valence-corrected chi connectivity index (χ3v) is 4.36. The lowest BCUT2D eigenvalue weighted by Crippen LogP contribution is -2.46. The molecule has 0 N–H and O–H groups in total. The van der Waals surface area contributed by atoms with E-state index in [4.69, 9.17) is 0 Å². The van der Waals surface area contributed by atoms with Gasteiger partial charge in [0.1, 0.15) is 5.82 Å². The van der Waals surface area contributed by atoms with Crippen LogP contribution in [-0.2, 0) is 6.54 Å². The van der Waals surface area contributed by atoms with E-state index in [1.807, 2.05) is 18.2 Å². The van der Waals surface area contributed by atoms with Crippen molar-refractivity contribution in [1.82, 2.24) is 4.90 Å². The van der Waals surface area contributed by atoms with Gasteiger partial charge in [-0.1, -0.05) is 46.3 Å². The molecule has 2 aromatic carbocycles. The molecule has 0 bridgehead atoms. The van der Waals surface area contributed by atoms with Crippen molar-refractivity contribution in [1.29, 1.82) is 0 Å². The molecular formula is C17H18BrFN2. The smallest absolute Gasteiger partial charge is 0.147 e. The second-order valence-corrected chi connectivity index (χ2v) is 6.26. The Labute approximate surface area is 133 Å². The molecule has 0 unspecified atom stereocenters. The summed E-state index contributed by atoms with van der Waals surface area (Å²) in [6.45, 7) is 4.63. The molecule has 3 rings (SSSR count). The van der Waals surface area contributed by atoms with E-state index in [-0.39, 0.29) is 5.82 Å². The van der Waals surface area contributed by atoms with Crippen molar-refractivity contribution in [2.75, 3.05) is 31.1 Å². The minimum Gasteiger partial charge on any atom is -0.367 e. The van der Waals surface area contributed by atoms with Crippen LogP contribution in [0.25, 0.3) is 0 Å². The zero-order valence-electron chi connectivity index (χ0n) is 11.8. The lowest BCUT2D eigenvalue weighted by Gasteiger charge is -2.36. The summed E-state index contributed by atoms with van der Waals surface area (Å²) in [5.41, 5.74) is 2.04. The third-order valence-electron chi connectivity index (χ3n) is 3.87. The number of benzene rings is 2. The van der Waals surface area contributed by atoms with Gasteiger partial charge in [0, 0.05) is 37.2 Å². The van der Waals surface area contributed by atoms with Crippen molar-refractivity contribution in [3.63, 3.8) is 0 Å². The van der Waals surface area contributed by atoms with E-state index < -0.39 is 0 Å². The van der Waals surface area contributed by atoms with Crippen molar-refractivity contribution in [2.24, 2.45) is 0 Å². The number of anilines is 1. The van der Waals surface area contributed by atoms with Crippen LogP contribution in [0.15, 0.2) is 53.0 Å². The summed E-state index contributed by atoms with van der Waals surface area (Å²) in [7, 11) is 0. The lowest BCUT2D eigenvalue weighted by molar-refractivity contribution is 0.249. The van der Waals surface area contributed by atoms with E-state index in [2.05, 4.69) is 50.0 Å². The predicted octanol–water partition coefficient (Wildman–Crippen LogP) is 3.91. The Morgan fingerprint density at radius 2 is 1.67 bits per heavy atom. The van der Waals surface area contributed by atoms with Crippen LogP contribution in [0.3, 0.4) is 0 Å². The van der Waals surface area contributed by atoms with Gasteiger partial charge in [-0.15, -0.1) is 0 Å². The Balaban J connectivity index is 1.60. The summed E-state index contributed by atoms with van der Waals surface area (Å²) in [4.78, 5) is 4.55. The van der Waals surface area contributed by atoms with E-state index in [1.54, 1.807) is 0 Å². The van der Waals surface area contributed by atoms with Gasteiger partial charge < -0.3 is 4.90 Å². The first kappa shape index (κ1) is 14.5. The molecule has 1 aliphatic rings. The molecule has 2 nitrogen and oxygen atoms in total. The fraction of sp³-hybridized carbons (Fsp3) is 0.294. The first-order valence-electron chi connectivity index (χ1n) is 7.18. The minimum atomic E-state index is -0.152. The maximum atomic E-state index is 14.0. The second-order valence-electron chi connectivity index (χ2n) is 5.34. The fourth-order valence-electron chi connectivity index (χ4n) is 2.73. The maximum absolute atomic E-state index is 14.0. The summed E-state index contributed by atoms with van der Waals surface area (Å²) < 4.78 is 14.8. The van der Waals surface area contributed by atoms with E-state index in [1.165, 1.54) is 11.6 Å². The quantitative estimate of drug-likeness (QED) is 0.829. The van der Waals surface area contributed by atoms with Crippen LogP contribution in [0.5, 0.6) is 0 Å². The number of piperazine rings is 1. The maximum Gasteiger partial charge on any atom is 0.147 e. The molecule has 0 saturated carbocycles. The minimum absolute atomic E-state index is 0.152. The summed E-state index contributed by atoms with van der Waals surface area (Å²) >= 11 is 3.30. The summed E-state index contributed by atoms with van der Waals surface area (Å²) in [5, 5.41) is 0. The molecule has 1 fully saturated rings. The zero-order valence-corrected chi connectivity index (χ0v) is 13.4. The number of nitrogens with zero attached hydrogens (tertiary/aromatic N) is 2. The van der Waals surface area contributed by atoms with Crippen LogP contribution in [0.1, 0.15) is 5.56 Å². The predicted molar refractivity (Wildman–Crippen MR) is 88.0 cm³/mol. The molecule has 110 valence electrons. The van der Waals surface area contributed by atoms with Crippen LogP contribution >= 0.6 is 15.9 Å². The van der Waals surface area contributed by atoms with Gasteiger partial charge in [0.25, 0.3) is 0 Å². The molecule has 1 aliphatic heterocycles. The largest absolute Gasteiger partial charge is 0.367 e. The Morgan fingerprint density at radius 3 is 2.33 bits per heavy atom. The monoisotopic (exact) mass is 348 g/mol. The summed E-state index contributed by atoms with van der Waals surface area (Å²) in [6.07, 6.45) is 0. The Hall–Kier alpha value is -1.39. The van der Waals surface area contributed by atoms with Gasteiger partial charge in [0.05, 0.1) is 5.69 Å². The third kappa shape index (κ3) is 3.63. The average molecular weight is 349 g/mol. The second kappa shape index (κ2) is 6.58. The van der Waals surface area contributed by atoms with Gasteiger partial charge in [-0.25, -0.2) is 4.39 Å². The van der Waals surface area contributed by atoms with Gasteiger partial charge >= 0.3 is 0 Å². The Kier molecular flexibility index (Phi) is 4.56. The molecule has 1 saturated heterocycles. The summed E-state index contributed by atoms with van der Waals surface area (Å²) in [6, 6.07) is 15.8. The SMILES string of the molecule is Fc1cc(Br)ccc1N1CCN(Cc2ccccc2)CC1. The Morgan fingerprint density at radius 1 is 0.952 bits per heavy atom. The average Bonchev–Trinajstić information content (AvgIpc) is 2.49. The first-order chi connectivity index (χ1) is 10.2. The van der Waals surface area contributed by atoms with Crippen molar-refractivity contribution in [3.8, 4) is 0 Å². The van der Waals surface area contributed by atoms with Crippen molar-refractivity contribution in [2.45, 2.75) is 6.54 Å². The standard InChI is InChI=1S/C17H18BrFN2/c18-15-6-7-17(16(19)12-15)21-10-8-20(9-11-21)13-14-4-2-1-3-5-14/h1-7,12H,8-11,13H2. The highest BCUT2D eigenvalue weighted by atomic mass is 79.9. The van der Waals surface area contributed by atoms with E-state index >= 15 is 0 Å². The first-order valence-corrected chi connectivity index (χ1v) is 7.98. The highest BCUT2D eigenvalue weighted by molar-refractivity contribution is 9.10. The van der Waals surface area contributed by atoms with Crippen molar-refractivity contribution >= 4 is 21.6 Å². The lowest BCUT2D eigenvalue weighted by atomic mass is 10.2. The van der Waals surface area contributed by atoms with Crippen LogP contribution in [0.4, 0.5) is 10.1 Å². The highest BCUT2D eigenvalue weighted by Gasteiger charge is 2.19. The fourth-order valence-corrected chi connectivity index (χ4v) is 3.06. The molecule has 0 spiro atoms. The van der Waals surface area contributed by atoms with E-state index in [0.29, 0.717) is 5.69 Å². The molecule has 0 atom stereocenters. The van der Waals surface area contributed by atoms with Gasteiger partial charge in [0.15, 0.2) is 0 Å². The van der Waals surface area contributed by atoms with Gasteiger partial charge in [-0.05, 0) is 23.8 Å². The molecule has 0 amide bonds. The molecular weight excluding hydrogens is 331 g/mol. The normalized spacial score (nSPS) is 16.2. The molecule has 2 aromatic rings. The number of halogens is 2. The molecule has 1 heterocycles. The van der Waals surface area contributed by atoms with Crippen LogP contribution in [0.2, 0.25) is 0 Å². The van der Waals surface area contributed by atoms with E-state index in [0.717, 1.165) is 37.2 Å². The number of hydrogen-bond acceptors (Lipinski definition) is 2. The molecule has 4 heteroatoms. The van der Waals surface area contributed by atoms with Gasteiger partial charge in [-0.3, -0.25) is 4.90 Å². The molecule has 0 radical (unpaired) electrons. The van der Waals surface area contributed by atoms with Crippen LogP contribution in [0, 0.1) is 5.82 Å². The van der Waals surface area contributed by atoms with Gasteiger partial charge in [0.2, 0.25) is 0 Å². The number of rotatable bonds is 3. The molecule has 0 aliphatic carbocycles. The van der Waals surface area contributed by atoms with Crippen molar-refractivity contribution < 1.29 is 4.39 Å². The molecule has 0 aromatic heterocycles. The van der Waals surface area contributed by atoms with E-state index in [9.17, 15) is 4.39 Å². The van der Waals surface area contributed by atoms with Crippen molar-refractivity contribution in [3.05, 3.63) is 64.4 Å². The van der Waals surface area contributed by atoms with Gasteiger partial charge in [-0.2, -0.15) is 0 Å². The Bertz CT molecular complexity index is 595. The van der Waals surface area contributed by atoms with Crippen LogP contribution in [-0.4, -0.2) is 31.1 Å².